The van der Waals surface area contributed by atoms with E-state index in [1.54, 1.807) is 12.1 Å². The average molecular weight is 340 g/mol. The van der Waals surface area contributed by atoms with Crippen LogP contribution in [0.25, 0.3) is 11.6 Å². The van der Waals surface area contributed by atoms with Gasteiger partial charge in [0.2, 0.25) is 0 Å². The highest BCUT2D eigenvalue weighted by molar-refractivity contribution is 6.21. The average Bonchev–Trinajstić information content (AvgIpc) is 2.58. The van der Waals surface area contributed by atoms with E-state index in [-0.39, 0.29) is 5.57 Å². The fraction of sp³-hybridized carbons (Fsp3) is 0.286. The number of rotatable bonds is 7. The number of methoxy groups -OCH3 is 1. The van der Waals surface area contributed by atoms with Crippen molar-refractivity contribution in [3.63, 3.8) is 0 Å². The second-order valence-electron chi connectivity index (χ2n) is 6.31. The number of para-hydroxylation sites is 1. The van der Waals surface area contributed by atoms with Crippen molar-refractivity contribution in [2.45, 2.75) is 20.8 Å². The lowest BCUT2D eigenvalue weighted by Gasteiger charge is -2.13. The van der Waals surface area contributed by atoms with E-state index >= 15 is 0 Å². The highest BCUT2D eigenvalue weighted by atomic mass is 16.5. The number of aliphatic carboxylic acids is 1. The SMILES string of the molecule is COc1ccc(C)cc1/C(=C/c1ccccc1OCC(C)C)C(=O)O. The number of carboxylic acid groups (broad SMARTS) is 1. The summed E-state index contributed by atoms with van der Waals surface area (Å²) in [5, 5.41) is 9.74. The number of hydrogen-bond donors (Lipinski definition) is 1. The standard InChI is InChI=1S/C21H24O4/c1-14(2)13-25-19-8-6-5-7-16(19)12-18(21(22)23)17-11-15(3)9-10-20(17)24-4/h5-12,14H,13H2,1-4H3,(H,22,23)/b18-12-. The molecule has 4 nitrogen and oxygen atoms in total. The quantitative estimate of drug-likeness (QED) is 0.588. The van der Waals surface area contributed by atoms with Crippen LogP contribution < -0.4 is 9.47 Å². The molecule has 0 spiro atoms. The summed E-state index contributed by atoms with van der Waals surface area (Å²) < 4.78 is 11.2. The Morgan fingerprint density at radius 2 is 1.88 bits per heavy atom. The second-order valence-corrected chi connectivity index (χ2v) is 6.31. The maximum absolute atomic E-state index is 11.9. The minimum atomic E-state index is -1.01. The van der Waals surface area contributed by atoms with Crippen LogP contribution in [-0.2, 0) is 4.79 Å². The molecule has 132 valence electrons. The summed E-state index contributed by atoms with van der Waals surface area (Å²) >= 11 is 0. The summed E-state index contributed by atoms with van der Waals surface area (Å²) in [5.74, 6) is 0.566. The molecule has 0 fully saturated rings. The monoisotopic (exact) mass is 340 g/mol. The van der Waals surface area contributed by atoms with Crippen molar-refractivity contribution in [3.05, 3.63) is 59.2 Å². The lowest BCUT2D eigenvalue weighted by atomic mass is 9.99. The van der Waals surface area contributed by atoms with Gasteiger partial charge >= 0.3 is 5.97 Å². The zero-order valence-corrected chi connectivity index (χ0v) is 15.1. The van der Waals surface area contributed by atoms with Crippen molar-refractivity contribution < 1.29 is 19.4 Å². The second kappa shape index (κ2) is 8.38. The predicted molar refractivity (Wildman–Crippen MR) is 100 cm³/mol. The Balaban J connectivity index is 2.52. The van der Waals surface area contributed by atoms with Crippen molar-refractivity contribution in [2.24, 2.45) is 5.92 Å². The predicted octanol–water partition coefficient (Wildman–Crippen LogP) is 4.66. The fourth-order valence-corrected chi connectivity index (χ4v) is 2.43. The van der Waals surface area contributed by atoms with Crippen LogP contribution in [0.3, 0.4) is 0 Å². The third kappa shape index (κ3) is 4.86. The Morgan fingerprint density at radius 3 is 2.52 bits per heavy atom. The molecule has 0 amide bonds. The summed E-state index contributed by atoms with van der Waals surface area (Å²) in [6, 6.07) is 12.9. The minimum absolute atomic E-state index is 0.168. The Hall–Kier alpha value is -2.75. The van der Waals surface area contributed by atoms with Crippen molar-refractivity contribution in [2.75, 3.05) is 13.7 Å². The molecule has 4 heteroatoms. The van der Waals surface area contributed by atoms with Crippen LogP contribution >= 0.6 is 0 Å². The third-order valence-electron chi connectivity index (χ3n) is 3.67. The van der Waals surface area contributed by atoms with Crippen LogP contribution in [0, 0.1) is 12.8 Å². The molecule has 0 heterocycles. The molecule has 2 rings (SSSR count). The molecule has 0 aliphatic carbocycles. The Labute approximate surface area is 148 Å². The maximum Gasteiger partial charge on any atom is 0.336 e. The van der Waals surface area contributed by atoms with Crippen molar-refractivity contribution in [1.82, 2.24) is 0 Å². The maximum atomic E-state index is 11.9. The third-order valence-corrected chi connectivity index (χ3v) is 3.67. The van der Waals surface area contributed by atoms with Gasteiger partial charge in [-0.2, -0.15) is 0 Å². The number of ether oxygens (including phenoxy) is 2. The number of carbonyl (C=O) groups is 1. The minimum Gasteiger partial charge on any atom is -0.496 e. The van der Waals surface area contributed by atoms with Gasteiger partial charge in [0, 0.05) is 11.1 Å². The molecular formula is C21H24O4. The number of hydrogen-bond acceptors (Lipinski definition) is 3. The highest BCUT2D eigenvalue weighted by Crippen LogP contribution is 2.31. The molecule has 0 radical (unpaired) electrons. The molecule has 0 aliphatic heterocycles. The summed E-state index contributed by atoms with van der Waals surface area (Å²) in [5.41, 5.74) is 2.41. The van der Waals surface area contributed by atoms with Gasteiger partial charge in [-0.3, -0.25) is 0 Å². The molecule has 0 aliphatic rings. The Morgan fingerprint density at radius 1 is 1.16 bits per heavy atom. The number of aryl methyl sites for hydroxylation is 1. The lowest BCUT2D eigenvalue weighted by molar-refractivity contribution is -0.130. The van der Waals surface area contributed by atoms with E-state index in [1.165, 1.54) is 7.11 Å². The van der Waals surface area contributed by atoms with Crippen molar-refractivity contribution in [1.29, 1.82) is 0 Å². The topological polar surface area (TPSA) is 55.8 Å². The highest BCUT2D eigenvalue weighted by Gasteiger charge is 2.17. The number of benzene rings is 2. The first kappa shape index (κ1) is 18.6. The van der Waals surface area contributed by atoms with E-state index < -0.39 is 5.97 Å². The first-order valence-electron chi connectivity index (χ1n) is 8.24. The van der Waals surface area contributed by atoms with Gasteiger partial charge in [-0.25, -0.2) is 4.79 Å². The molecule has 2 aromatic rings. The molecule has 0 bridgehead atoms. The molecule has 0 unspecified atom stereocenters. The van der Waals surface area contributed by atoms with E-state index in [9.17, 15) is 9.90 Å². The van der Waals surface area contributed by atoms with Gasteiger partial charge < -0.3 is 14.6 Å². The molecule has 0 aromatic heterocycles. The Kier molecular flexibility index (Phi) is 6.23. The van der Waals surface area contributed by atoms with Gasteiger partial charge in [0.15, 0.2) is 0 Å². The van der Waals surface area contributed by atoms with Crippen LogP contribution in [-0.4, -0.2) is 24.8 Å². The zero-order valence-electron chi connectivity index (χ0n) is 15.1. The molecule has 25 heavy (non-hydrogen) atoms. The van der Waals surface area contributed by atoms with E-state index in [0.29, 0.717) is 29.6 Å². The van der Waals surface area contributed by atoms with E-state index in [1.807, 2.05) is 43.3 Å². The molecular weight excluding hydrogens is 316 g/mol. The van der Waals surface area contributed by atoms with Crippen LogP contribution in [0.5, 0.6) is 11.5 Å². The smallest absolute Gasteiger partial charge is 0.336 e. The van der Waals surface area contributed by atoms with Crippen LogP contribution in [0.1, 0.15) is 30.5 Å². The molecule has 0 saturated carbocycles. The van der Waals surface area contributed by atoms with Gasteiger partial charge in [-0.05, 0) is 37.1 Å². The van der Waals surface area contributed by atoms with Crippen molar-refractivity contribution >= 4 is 17.6 Å². The zero-order chi connectivity index (χ0) is 18.4. The van der Waals surface area contributed by atoms with Gasteiger partial charge in [0.1, 0.15) is 11.5 Å². The Bertz CT molecular complexity index is 775. The first-order chi connectivity index (χ1) is 11.9. The largest absolute Gasteiger partial charge is 0.496 e. The van der Waals surface area contributed by atoms with Crippen LogP contribution in [0.4, 0.5) is 0 Å². The lowest BCUT2D eigenvalue weighted by Crippen LogP contribution is -2.06. The molecule has 2 aromatic carbocycles. The normalized spacial score (nSPS) is 11.5. The fourth-order valence-electron chi connectivity index (χ4n) is 2.43. The van der Waals surface area contributed by atoms with E-state index in [2.05, 4.69) is 13.8 Å². The van der Waals surface area contributed by atoms with Gasteiger partial charge in [-0.15, -0.1) is 0 Å². The molecule has 0 saturated heterocycles. The summed E-state index contributed by atoms with van der Waals surface area (Å²) in [6.45, 7) is 6.63. The summed E-state index contributed by atoms with van der Waals surface area (Å²) in [4.78, 5) is 11.9. The van der Waals surface area contributed by atoms with Gasteiger partial charge in [0.05, 0.1) is 19.3 Å². The first-order valence-corrected chi connectivity index (χ1v) is 8.24. The molecule has 0 atom stereocenters. The summed E-state index contributed by atoms with van der Waals surface area (Å²) in [6.07, 6.45) is 1.63. The van der Waals surface area contributed by atoms with Gasteiger partial charge in [-0.1, -0.05) is 43.7 Å². The summed E-state index contributed by atoms with van der Waals surface area (Å²) in [7, 11) is 1.54. The van der Waals surface area contributed by atoms with Crippen LogP contribution in [0.15, 0.2) is 42.5 Å². The van der Waals surface area contributed by atoms with Crippen LogP contribution in [0.2, 0.25) is 0 Å². The van der Waals surface area contributed by atoms with E-state index in [0.717, 1.165) is 11.1 Å². The van der Waals surface area contributed by atoms with Gasteiger partial charge in [0.25, 0.3) is 0 Å². The number of carboxylic acids is 1. The molecule has 1 N–H and O–H groups in total. The van der Waals surface area contributed by atoms with E-state index in [4.69, 9.17) is 9.47 Å². The van der Waals surface area contributed by atoms with Crippen molar-refractivity contribution in [3.8, 4) is 11.5 Å².